The Morgan fingerprint density at radius 1 is 0.667 bits per heavy atom. The molecule has 0 aromatic carbocycles. The number of carbonyl (C=O) groups excluding carboxylic acids is 2. The second-order valence-electron chi connectivity index (χ2n) is 5.93. The van der Waals surface area contributed by atoms with Crippen LogP contribution in [-0.2, 0) is 9.59 Å². The average molecular weight is 298 g/mol. The van der Waals surface area contributed by atoms with Gasteiger partial charge < -0.3 is 9.80 Å². The Morgan fingerprint density at radius 3 is 1.38 bits per heavy atom. The number of rotatable bonds is 12. The first-order valence-electron chi connectivity index (χ1n) is 8.50. The molecular formula is C17H34N2O2. The van der Waals surface area contributed by atoms with Gasteiger partial charge in [-0.05, 0) is 12.8 Å². The SMILES string of the molecule is CCCCCCN(C)C(=O)CC(=O)N(C)CCCCCC. The molecule has 0 heterocycles. The third-order valence-electron chi connectivity index (χ3n) is 3.85. The largest absolute Gasteiger partial charge is 0.345 e. The fourth-order valence-corrected chi connectivity index (χ4v) is 2.20. The van der Waals surface area contributed by atoms with Crippen molar-refractivity contribution in [3.63, 3.8) is 0 Å². The standard InChI is InChI=1S/C17H34N2O2/c1-5-7-9-11-13-18(3)16(20)15-17(21)19(4)14-12-10-8-6-2/h5-15H2,1-4H3. The van der Waals surface area contributed by atoms with E-state index in [4.69, 9.17) is 0 Å². The first-order chi connectivity index (χ1) is 10.0. The van der Waals surface area contributed by atoms with Crippen LogP contribution in [0.3, 0.4) is 0 Å². The molecule has 0 aliphatic heterocycles. The molecule has 0 atom stereocenters. The van der Waals surface area contributed by atoms with Gasteiger partial charge in [-0.15, -0.1) is 0 Å². The van der Waals surface area contributed by atoms with Crippen molar-refractivity contribution in [1.82, 2.24) is 9.80 Å². The fraction of sp³-hybridized carbons (Fsp3) is 0.882. The van der Waals surface area contributed by atoms with E-state index in [0.717, 1.165) is 38.8 Å². The number of unbranched alkanes of at least 4 members (excludes halogenated alkanes) is 6. The molecule has 0 fully saturated rings. The topological polar surface area (TPSA) is 40.6 Å². The molecule has 0 saturated heterocycles. The number of carbonyl (C=O) groups is 2. The van der Waals surface area contributed by atoms with E-state index < -0.39 is 0 Å². The second-order valence-corrected chi connectivity index (χ2v) is 5.93. The Kier molecular flexibility index (Phi) is 12.0. The van der Waals surface area contributed by atoms with Crippen molar-refractivity contribution in [2.75, 3.05) is 27.2 Å². The van der Waals surface area contributed by atoms with Crippen molar-refractivity contribution >= 4 is 11.8 Å². The van der Waals surface area contributed by atoms with Crippen LogP contribution in [0.2, 0.25) is 0 Å². The van der Waals surface area contributed by atoms with Crippen molar-refractivity contribution in [2.45, 2.75) is 71.6 Å². The minimum absolute atomic E-state index is 0.00849. The second kappa shape index (κ2) is 12.7. The van der Waals surface area contributed by atoms with Gasteiger partial charge in [-0.25, -0.2) is 0 Å². The lowest BCUT2D eigenvalue weighted by Crippen LogP contribution is -2.35. The van der Waals surface area contributed by atoms with Gasteiger partial charge in [0.25, 0.3) is 0 Å². The van der Waals surface area contributed by atoms with Crippen LogP contribution in [0.4, 0.5) is 0 Å². The molecule has 0 N–H and O–H groups in total. The highest BCUT2D eigenvalue weighted by Gasteiger charge is 2.16. The van der Waals surface area contributed by atoms with Gasteiger partial charge in [0.1, 0.15) is 6.42 Å². The van der Waals surface area contributed by atoms with E-state index in [2.05, 4.69) is 13.8 Å². The molecule has 2 amide bonds. The van der Waals surface area contributed by atoms with Gasteiger partial charge in [0.15, 0.2) is 0 Å². The number of nitrogens with zero attached hydrogens (tertiary/aromatic N) is 2. The van der Waals surface area contributed by atoms with Crippen LogP contribution in [-0.4, -0.2) is 48.8 Å². The van der Waals surface area contributed by atoms with Crippen molar-refractivity contribution in [1.29, 1.82) is 0 Å². The molecule has 124 valence electrons. The van der Waals surface area contributed by atoms with Crippen molar-refractivity contribution in [3.05, 3.63) is 0 Å². The van der Waals surface area contributed by atoms with Crippen molar-refractivity contribution < 1.29 is 9.59 Å². The lowest BCUT2D eigenvalue weighted by molar-refractivity contribution is -0.139. The zero-order valence-corrected chi connectivity index (χ0v) is 14.5. The van der Waals surface area contributed by atoms with Gasteiger partial charge in [-0.2, -0.15) is 0 Å². The molecule has 0 saturated carbocycles. The van der Waals surface area contributed by atoms with Crippen LogP contribution in [0.5, 0.6) is 0 Å². The van der Waals surface area contributed by atoms with E-state index in [-0.39, 0.29) is 18.2 Å². The van der Waals surface area contributed by atoms with E-state index in [1.807, 2.05) is 0 Å². The third kappa shape index (κ3) is 10.3. The quantitative estimate of drug-likeness (QED) is 0.409. The van der Waals surface area contributed by atoms with Crippen LogP contribution in [0.1, 0.15) is 71.6 Å². The summed E-state index contributed by atoms with van der Waals surface area (Å²) in [4.78, 5) is 27.3. The molecule has 21 heavy (non-hydrogen) atoms. The average Bonchev–Trinajstić information content (AvgIpc) is 2.47. The maximum absolute atomic E-state index is 12.0. The Hall–Kier alpha value is -1.06. The summed E-state index contributed by atoms with van der Waals surface area (Å²) >= 11 is 0. The lowest BCUT2D eigenvalue weighted by Gasteiger charge is -2.20. The number of hydrogen-bond acceptors (Lipinski definition) is 2. The predicted molar refractivity (Wildman–Crippen MR) is 88.2 cm³/mol. The van der Waals surface area contributed by atoms with Gasteiger partial charge in [0, 0.05) is 27.2 Å². The summed E-state index contributed by atoms with van der Waals surface area (Å²) in [6, 6.07) is 0. The minimum atomic E-state index is -0.0584. The molecule has 0 unspecified atom stereocenters. The van der Waals surface area contributed by atoms with E-state index in [1.54, 1.807) is 23.9 Å². The van der Waals surface area contributed by atoms with Gasteiger partial charge in [0.05, 0.1) is 0 Å². The van der Waals surface area contributed by atoms with Crippen molar-refractivity contribution in [2.24, 2.45) is 0 Å². The first-order valence-corrected chi connectivity index (χ1v) is 8.50. The first kappa shape index (κ1) is 19.9. The maximum atomic E-state index is 12.0. The Bertz CT molecular complexity index is 265. The summed E-state index contributed by atoms with van der Waals surface area (Å²) in [7, 11) is 3.59. The van der Waals surface area contributed by atoms with Crippen LogP contribution >= 0.6 is 0 Å². The van der Waals surface area contributed by atoms with Gasteiger partial charge >= 0.3 is 0 Å². The molecule has 4 nitrogen and oxygen atoms in total. The Labute approximate surface area is 130 Å². The highest BCUT2D eigenvalue weighted by molar-refractivity contribution is 5.96. The summed E-state index contributed by atoms with van der Waals surface area (Å²) in [5.74, 6) is -0.117. The number of hydrogen-bond donors (Lipinski definition) is 0. The normalized spacial score (nSPS) is 10.5. The summed E-state index contributed by atoms with van der Waals surface area (Å²) < 4.78 is 0. The monoisotopic (exact) mass is 298 g/mol. The third-order valence-corrected chi connectivity index (χ3v) is 3.85. The highest BCUT2D eigenvalue weighted by Crippen LogP contribution is 2.04. The molecule has 0 aromatic rings. The van der Waals surface area contributed by atoms with Crippen LogP contribution in [0, 0.1) is 0 Å². The fourth-order valence-electron chi connectivity index (χ4n) is 2.20. The highest BCUT2D eigenvalue weighted by atomic mass is 16.2. The molecular weight excluding hydrogens is 264 g/mol. The summed E-state index contributed by atoms with van der Waals surface area (Å²) in [6.45, 7) is 5.85. The van der Waals surface area contributed by atoms with Crippen molar-refractivity contribution in [3.8, 4) is 0 Å². The van der Waals surface area contributed by atoms with E-state index in [0.29, 0.717) is 0 Å². The zero-order valence-electron chi connectivity index (χ0n) is 14.5. The zero-order chi connectivity index (χ0) is 16.1. The molecule has 0 aliphatic rings. The van der Waals surface area contributed by atoms with E-state index in [1.165, 1.54) is 25.7 Å². The summed E-state index contributed by atoms with van der Waals surface area (Å²) in [5.41, 5.74) is 0. The molecule has 4 heteroatoms. The molecule has 0 rings (SSSR count). The van der Waals surface area contributed by atoms with Crippen LogP contribution in [0.15, 0.2) is 0 Å². The minimum Gasteiger partial charge on any atom is -0.345 e. The van der Waals surface area contributed by atoms with Crippen LogP contribution < -0.4 is 0 Å². The molecule has 0 aliphatic carbocycles. The van der Waals surface area contributed by atoms with Gasteiger partial charge in [0.2, 0.25) is 11.8 Å². The van der Waals surface area contributed by atoms with Gasteiger partial charge in [-0.3, -0.25) is 9.59 Å². The molecule has 0 radical (unpaired) electrons. The van der Waals surface area contributed by atoms with Crippen LogP contribution in [0.25, 0.3) is 0 Å². The Balaban J connectivity index is 3.87. The molecule has 0 spiro atoms. The van der Waals surface area contributed by atoms with E-state index in [9.17, 15) is 9.59 Å². The molecule has 0 aromatic heterocycles. The maximum Gasteiger partial charge on any atom is 0.231 e. The van der Waals surface area contributed by atoms with Gasteiger partial charge in [-0.1, -0.05) is 52.4 Å². The molecule has 0 bridgehead atoms. The lowest BCUT2D eigenvalue weighted by atomic mass is 10.2. The van der Waals surface area contributed by atoms with E-state index >= 15 is 0 Å². The predicted octanol–water partition coefficient (Wildman–Crippen LogP) is 3.45. The number of amides is 2. The summed E-state index contributed by atoms with van der Waals surface area (Å²) in [6.07, 6.45) is 9.17. The smallest absolute Gasteiger partial charge is 0.231 e. The summed E-state index contributed by atoms with van der Waals surface area (Å²) in [5, 5.41) is 0. The Morgan fingerprint density at radius 2 is 1.05 bits per heavy atom.